The van der Waals surface area contributed by atoms with Gasteiger partial charge in [0, 0.05) is 18.4 Å². The van der Waals surface area contributed by atoms with Gasteiger partial charge >= 0.3 is 6.18 Å². The monoisotopic (exact) mass is 358 g/mol. The molecule has 1 saturated heterocycles. The van der Waals surface area contributed by atoms with Gasteiger partial charge in [-0.1, -0.05) is 48.5 Å². The quantitative estimate of drug-likeness (QED) is 0.755. The van der Waals surface area contributed by atoms with Crippen molar-refractivity contribution in [2.75, 3.05) is 13.1 Å². The number of hydrogen-bond donors (Lipinski definition) is 0. The number of hydrogen-bond acceptors (Lipinski definition) is 2. The Bertz CT molecular complexity index is 770. The molecule has 1 heterocycles. The highest BCUT2D eigenvalue weighted by molar-refractivity contribution is 5.33. The van der Waals surface area contributed by atoms with Crippen LogP contribution in [0.5, 0.6) is 0 Å². The standard InChI is InChI=1S/C21H21F3N2/c22-21(23,24)19-8-4-7-18(15-19)20(9-12-25)10-13-26(14-11-20)16-17-5-2-1-3-6-17/h1-8,15H,9-11,13-14,16H2. The van der Waals surface area contributed by atoms with Crippen molar-refractivity contribution >= 4 is 0 Å². The summed E-state index contributed by atoms with van der Waals surface area (Å²) in [6.07, 6.45) is -2.74. The van der Waals surface area contributed by atoms with Crippen molar-refractivity contribution in [3.8, 4) is 6.07 Å². The maximum Gasteiger partial charge on any atom is 0.416 e. The average Bonchev–Trinajstić information content (AvgIpc) is 2.64. The summed E-state index contributed by atoms with van der Waals surface area (Å²) in [6.45, 7) is 2.37. The first-order valence-corrected chi connectivity index (χ1v) is 8.74. The van der Waals surface area contributed by atoms with Crippen molar-refractivity contribution in [2.24, 2.45) is 0 Å². The molecule has 136 valence electrons. The van der Waals surface area contributed by atoms with Crippen LogP contribution in [0.15, 0.2) is 54.6 Å². The fourth-order valence-electron chi connectivity index (χ4n) is 3.73. The Morgan fingerprint density at radius 2 is 1.69 bits per heavy atom. The summed E-state index contributed by atoms with van der Waals surface area (Å²) in [6, 6.07) is 17.8. The zero-order valence-corrected chi connectivity index (χ0v) is 14.5. The number of nitrogens with zero attached hydrogens (tertiary/aromatic N) is 2. The van der Waals surface area contributed by atoms with Gasteiger partial charge in [0.15, 0.2) is 0 Å². The SMILES string of the molecule is N#CCC1(c2cccc(C(F)(F)F)c2)CCN(Cc2ccccc2)CC1. The highest BCUT2D eigenvalue weighted by Gasteiger charge is 2.38. The first-order valence-electron chi connectivity index (χ1n) is 8.74. The summed E-state index contributed by atoms with van der Waals surface area (Å²) >= 11 is 0. The van der Waals surface area contributed by atoms with Crippen molar-refractivity contribution < 1.29 is 13.2 Å². The molecule has 0 amide bonds. The molecule has 0 saturated carbocycles. The molecule has 26 heavy (non-hydrogen) atoms. The molecular formula is C21H21F3N2. The lowest BCUT2D eigenvalue weighted by Gasteiger charge is -2.41. The van der Waals surface area contributed by atoms with E-state index in [0.717, 1.165) is 25.7 Å². The molecule has 5 heteroatoms. The molecule has 0 bridgehead atoms. The third-order valence-electron chi connectivity index (χ3n) is 5.28. The molecule has 0 unspecified atom stereocenters. The van der Waals surface area contributed by atoms with Gasteiger partial charge in [0.05, 0.1) is 11.6 Å². The van der Waals surface area contributed by atoms with E-state index >= 15 is 0 Å². The van der Waals surface area contributed by atoms with Gasteiger partial charge in [0.25, 0.3) is 0 Å². The van der Waals surface area contributed by atoms with Crippen LogP contribution in [-0.2, 0) is 18.1 Å². The van der Waals surface area contributed by atoms with Crippen LogP contribution in [-0.4, -0.2) is 18.0 Å². The fraction of sp³-hybridized carbons (Fsp3) is 0.381. The molecule has 2 aromatic carbocycles. The number of benzene rings is 2. The van der Waals surface area contributed by atoms with E-state index in [4.69, 9.17) is 0 Å². The van der Waals surface area contributed by atoms with Gasteiger partial charge in [-0.3, -0.25) is 4.90 Å². The second-order valence-corrected chi connectivity index (χ2v) is 6.96. The normalized spacial score (nSPS) is 17.6. The van der Waals surface area contributed by atoms with Crippen molar-refractivity contribution in [1.82, 2.24) is 4.90 Å². The lowest BCUT2D eigenvalue weighted by Crippen LogP contribution is -2.42. The maximum atomic E-state index is 13.1. The lowest BCUT2D eigenvalue weighted by atomic mass is 9.70. The Kier molecular flexibility index (Phi) is 5.33. The van der Waals surface area contributed by atoms with E-state index in [1.807, 2.05) is 18.2 Å². The molecule has 3 rings (SSSR count). The summed E-state index contributed by atoms with van der Waals surface area (Å²) in [4.78, 5) is 2.30. The van der Waals surface area contributed by atoms with E-state index in [1.54, 1.807) is 6.07 Å². The maximum absolute atomic E-state index is 13.1. The van der Waals surface area contributed by atoms with Gasteiger partial charge < -0.3 is 0 Å². The molecular weight excluding hydrogens is 337 g/mol. The first kappa shape index (κ1) is 18.5. The van der Waals surface area contributed by atoms with Gasteiger partial charge in [0.1, 0.15) is 0 Å². The van der Waals surface area contributed by atoms with Crippen LogP contribution >= 0.6 is 0 Å². The van der Waals surface area contributed by atoms with Gasteiger partial charge in [-0.2, -0.15) is 18.4 Å². The summed E-state index contributed by atoms with van der Waals surface area (Å²) in [7, 11) is 0. The van der Waals surface area contributed by atoms with Gasteiger partial charge in [-0.25, -0.2) is 0 Å². The van der Waals surface area contributed by atoms with E-state index in [2.05, 4.69) is 23.1 Å². The Morgan fingerprint density at radius 1 is 1.00 bits per heavy atom. The third kappa shape index (κ3) is 4.08. The van der Waals surface area contributed by atoms with Crippen molar-refractivity contribution in [3.63, 3.8) is 0 Å². The van der Waals surface area contributed by atoms with Crippen molar-refractivity contribution in [3.05, 3.63) is 71.3 Å². The molecule has 1 aliphatic heterocycles. The predicted molar refractivity (Wildman–Crippen MR) is 94.3 cm³/mol. The third-order valence-corrected chi connectivity index (χ3v) is 5.28. The van der Waals surface area contributed by atoms with Crippen molar-refractivity contribution in [1.29, 1.82) is 5.26 Å². The smallest absolute Gasteiger partial charge is 0.299 e. The van der Waals surface area contributed by atoms with Crippen LogP contribution in [0.3, 0.4) is 0 Å². The first-order chi connectivity index (χ1) is 12.4. The number of likely N-dealkylation sites (tertiary alicyclic amines) is 1. The molecule has 0 atom stereocenters. The minimum Gasteiger partial charge on any atom is -0.299 e. The highest BCUT2D eigenvalue weighted by Crippen LogP contribution is 2.41. The largest absolute Gasteiger partial charge is 0.416 e. The highest BCUT2D eigenvalue weighted by atomic mass is 19.4. The molecule has 0 aliphatic carbocycles. The Labute approximate surface area is 151 Å². The van der Waals surface area contributed by atoms with Crippen molar-refractivity contribution in [2.45, 2.75) is 37.4 Å². The molecule has 0 N–H and O–H groups in total. The second-order valence-electron chi connectivity index (χ2n) is 6.96. The van der Waals surface area contributed by atoms with Gasteiger partial charge in [-0.15, -0.1) is 0 Å². The van der Waals surface area contributed by atoms with Gasteiger partial charge in [-0.05, 0) is 43.1 Å². The Hall–Kier alpha value is -2.32. The average molecular weight is 358 g/mol. The van der Waals surface area contributed by atoms with E-state index < -0.39 is 17.2 Å². The molecule has 1 aliphatic rings. The summed E-state index contributed by atoms with van der Waals surface area (Å²) < 4.78 is 39.2. The minimum absolute atomic E-state index is 0.244. The minimum atomic E-state index is -4.36. The fourth-order valence-corrected chi connectivity index (χ4v) is 3.73. The summed E-state index contributed by atoms with van der Waals surface area (Å²) in [5, 5.41) is 9.29. The number of rotatable bonds is 4. The zero-order chi connectivity index (χ0) is 18.6. The predicted octanol–water partition coefficient (Wildman–Crippen LogP) is 5.15. The number of halogens is 3. The van der Waals surface area contributed by atoms with Crippen LogP contribution in [0, 0.1) is 11.3 Å². The molecule has 2 aromatic rings. The lowest BCUT2D eigenvalue weighted by molar-refractivity contribution is -0.137. The molecule has 2 nitrogen and oxygen atoms in total. The topological polar surface area (TPSA) is 27.0 Å². The number of alkyl halides is 3. The zero-order valence-electron chi connectivity index (χ0n) is 14.5. The summed E-state index contributed by atoms with van der Waals surface area (Å²) in [5.74, 6) is 0. The van der Waals surface area contributed by atoms with E-state index in [1.165, 1.54) is 17.7 Å². The summed E-state index contributed by atoms with van der Waals surface area (Å²) in [5.41, 5.74) is 0.718. The van der Waals surface area contributed by atoms with E-state index in [0.29, 0.717) is 18.4 Å². The molecule has 0 spiro atoms. The van der Waals surface area contributed by atoms with Crippen LogP contribution in [0.4, 0.5) is 13.2 Å². The number of piperidine rings is 1. The molecule has 1 fully saturated rings. The van der Waals surface area contributed by atoms with Gasteiger partial charge in [0.2, 0.25) is 0 Å². The van der Waals surface area contributed by atoms with E-state index in [9.17, 15) is 18.4 Å². The van der Waals surface area contributed by atoms with Crippen LogP contribution in [0.1, 0.15) is 36.0 Å². The van der Waals surface area contributed by atoms with Crippen LogP contribution < -0.4 is 0 Å². The van der Waals surface area contributed by atoms with Crippen LogP contribution in [0.2, 0.25) is 0 Å². The molecule has 0 aromatic heterocycles. The Morgan fingerprint density at radius 3 is 2.31 bits per heavy atom. The van der Waals surface area contributed by atoms with E-state index in [-0.39, 0.29) is 6.42 Å². The molecule has 0 radical (unpaired) electrons. The number of nitriles is 1. The Balaban J connectivity index is 1.77. The van der Waals surface area contributed by atoms with Crippen LogP contribution in [0.25, 0.3) is 0 Å². The second kappa shape index (κ2) is 7.51.